The van der Waals surface area contributed by atoms with E-state index in [4.69, 9.17) is 28.4 Å². The fourth-order valence-electron chi connectivity index (χ4n) is 4.59. The first kappa shape index (κ1) is 33.4. The second-order valence-electron chi connectivity index (χ2n) is 9.86. The number of esters is 5. The summed E-state index contributed by atoms with van der Waals surface area (Å²) in [6, 6.07) is 12.9. The first-order valence-electron chi connectivity index (χ1n) is 13.7. The van der Waals surface area contributed by atoms with Crippen molar-refractivity contribution >= 4 is 41.6 Å². The van der Waals surface area contributed by atoms with Crippen LogP contribution in [0.1, 0.15) is 58.2 Å². The number of rotatable bonds is 11. The van der Waals surface area contributed by atoms with Gasteiger partial charge in [-0.1, -0.05) is 37.3 Å². The summed E-state index contributed by atoms with van der Waals surface area (Å²) in [5, 5.41) is -0.768. The average Bonchev–Trinajstić information content (AvgIpc) is 2.92. The predicted molar refractivity (Wildman–Crippen MR) is 155 cm³/mol. The molecule has 11 nitrogen and oxygen atoms in total. The molecule has 0 amide bonds. The largest absolute Gasteiger partial charge is 0.475 e. The van der Waals surface area contributed by atoms with Crippen molar-refractivity contribution in [3.63, 3.8) is 0 Å². The predicted octanol–water partition coefficient (Wildman–Crippen LogP) is 3.94. The fraction of sp³-hybridized carbons (Fsp3) is 0.452. The van der Waals surface area contributed by atoms with E-state index < -0.39 is 58.8 Å². The average molecular weight is 617 g/mol. The van der Waals surface area contributed by atoms with Gasteiger partial charge in [0.2, 0.25) is 0 Å². The minimum Gasteiger partial charge on any atom is -0.475 e. The number of benzene rings is 2. The molecular weight excluding hydrogens is 580 g/mol. The lowest BCUT2D eigenvalue weighted by Gasteiger charge is -2.43. The number of hydrogen-bond donors (Lipinski definition) is 0. The van der Waals surface area contributed by atoms with Crippen molar-refractivity contribution in [2.45, 2.75) is 83.4 Å². The molecule has 0 saturated carbocycles. The van der Waals surface area contributed by atoms with E-state index in [-0.39, 0.29) is 12.4 Å². The highest BCUT2D eigenvalue weighted by molar-refractivity contribution is 8.00. The van der Waals surface area contributed by atoms with Crippen LogP contribution < -0.4 is 9.47 Å². The molecular formula is C31H36O11S. The molecule has 0 N–H and O–H groups in total. The van der Waals surface area contributed by atoms with Crippen LogP contribution in [0, 0.1) is 0 Å². The fourth-order valence-corrected chi connectivity index (χ4v) is 5.97. The zero-order valence-electron chi connectivity index (χ0n) is 24.9. The third kappa shape index (κ3) is 9.74. The standard InChI is InChI=1S/C31H36O11S/c1-7-22-11-13-23(14-12-22)15-24-25(38-18(3)33)9-8-10-26(24)42-31-30(41-21(6)36)29(40-20(5)35)28(39-19(4)34)27(43-31)16-37-17(2)32/h8-14,27-31H,7,15-16H2,1-6H3/t27-,28-,29+,30-,31-/m1/s1. The Balaban J connectivity index is 2.09. The molecule has 43 heavy (non-hydrogen) atoms. The van der Waals surface area contributed by atoms with Crippen molar-refractivity contribution < 1.29 is 52.4 Å². The number of aryl methyl sites for hydroxylation is 1. The van der Waals surface area contributed by atoms with Gasteiger partial charge in [0, 0.05) is 46.6 Å². The summed E-state index contributed by atoms with van der Waals surface area (Å²) in [6.45, 7) is 7.90. The Morgan fingerprint density at radius 3 is 1.79 bits per heavy atom. The van der Waals surface area contributed by atoms with Crippen LogP contribution in [-0.2, 0) is 55.8 Å². The number of hydrogen-bond acceptors (Lipinski definition) is 12. The smallest absolute Gasteiger partial charge is 0.308 e. The van der Waals surface area contributed by atoms with Crippen molar-refractivity contribution in [1.82, 2.24) is 0 Å². The number of carbonyl (C=O) groups is 5. The summed E-state index contributed by atoms with van der Waals surface area (Å²) in [6.07, 6.45) is -2.46. The molecule has 0 aromatic heterocycles. The van der Waals surface area contributed by atoms with E-state index >= 15 is 0 Å². The summed E-state index contributed by atoms with van der Waals surface area (Å²) in [4.78, 5) is 60.1. The molecule has 0 unspecified atom stereocenters. The van der Waals surface area contributed by atoms with Crippen LogP contribution in [0.2, 0.25) is 0 Å². The summed E-state index contributed by atoms with van der Waals surface area (Å²) < 4.78 is 33.9. The van der Waals surface area contributed by atoms with Gasteiger partial charge in [0.15, 0.2) is 23.7 Å². The van der Waals surface area contributed by atoms with Gasteiger partial charge in [-0.2, -0.15) is 0 Å². The molecule has 0 spiro atoms. The van der Waals surface area contributed by atoms with E-state index in [1.54, 1.807) is 18.2 Å². The Labute approximate surface area is 254 Å². The third-order valence-corrected chi connectivity index (χ3v) is 7.73. The van der Waals surface area contributed by atoms with E-state index in [9.17, 15) is 24.0 Å². The first-order chi connectivity index (χ1) is 20.4. The van der Waals surface area contributed by atoms with Crippen molar-refractivity contribution in [3.8, 4) is 11.5 Å². The molecule has 0 bridgehead atoms. The van der Waals surface area contributed by atoms with Crippen LogP contribution in [0.3, 0.4) is 0 Å². The Kier molecular flexibility index (Phi) is 12.0. The molecule has 1 saturated heterocycles. The van der Waals surface area contributed by atoms with Crippen molar-refractivity contribution in [2.24, 2.45) is 0 Å². The quantitative estimate of drug-likeness (QED) is 0.205. The normalized spacial score (nSPS) is 21.2. The molecule has 12 heteroatoms. The lowest BCUT2D eigenvalue weighted by Crippen LogP contribution is -2.59. The van der Waals surface area contributed by atoms with Crippen LogP contribution >= 0.6 is 11.8 Å². The maximum atomic E-state index is 12.2. The van der Waals surface area contributed by atoms with Gasteiger partial charge < -0.3 is 28.4 Å². The van der Waals surface area contributed by atoms with Crippen molar-refractivity contribution in [1.29, 1.82) is 0 Å². The van der Waals surface area contributed by atoms with Gasteiger partial charge in [-0.3, -0.25) is 24.0 Å². The van der Waals surface area contributed by atoms with E-state index in [2.05, 4.69) is 6.92 Å². The molecule has 2 aromatic rings. The van der Waals surface area contributed by atoms with E-state index in [1.807, 2.05) is 24.3 Å². The van der Waals surface area contributed by atoms with E-state index in [0.717, 1.165) is 29.3 Å². The van der Waals surface area contributed by atoms with Gasteiger partial charge in [0.1, 0.15) is 18.1 Å². The monoisotopic (exact) mass is 616 g/mol. The molecule has 1 heterocycles. The molecule has 232 valence electrons. The lowest BCUT2D eigenvalue weighted by atomic mass is 10.0. The van der Waals surface area contributed by atoms with E-state index in [0.29, 0.717) is 17.7 Å². The summed E-state index contributed by atoms with van der Waals surface area (Å²) in [5.74, 6) is -2.60. The Bertz CT molecular complexity index is 1320. The van der Waals surface area contributed by atoms with Gasteiger partial charge >= 0.3 is 29.8 Å². The number of thioether (sulfide) groups is 1. The minimum absolute atomic E-state index is 0.216. The minimum atomic E-state index is -1.29. The highest BCUT2D eigenvalue weighted by Crippen LogP contribution is 2.41. The van der Waals surface area contributed by atoms with Crippen LogP contribution in [0.25, 0.3) is 0 Å². The zero-order valence-corrected chi connectivity index (χ0v) is 25.8. The van der Waals surface area contributed by atoms with Gasteiger partial charge in [0.25, 0.3) is 0 Å². The summed E-state index contributed by atoms with van der Waals surface area (Å²) in [5.41, 5.74) is 1.60. The topological polar surface area (TPSA) is 141 Å². The second kappa shape index (κ2) is 15.4. The number of carbonyl (C=O) groups excluding carboxylic acids is 5. The maximum absolute atomic E-state index is 12.2. The molecule has 1 fully saturated rings. The van der Waals surface area contributed by atoms with Crippen LogP contribution in [0.4, 0.5) is 0 Å². The summed E-state index contributed by atoms with van der Waals surface area (Å²) >= 11 is 1.09. The molecule has 2 aromatic carbocycles. The SMILES string of the molecule is CCc1ccc(Cc2c(OC(C)=O)cccc2O[C@@H]2S[C@H](COC(C)=O)[C@@H](OC(C)=O)[C@H](OC(C)=O)[C@H]2OC(C)=O)cc1. The van der Waals surface area contributed by atoms with Crippen LogP contribution in [-0.4, -0.2) is 65.5 Å². The Hall–Kier alpha value is -4.06. The lowest BCUT2D eigenvalue weighted by molar-refractivity contribution is -0.190. The highest BCUT2D eigenvalue weighted by Gasteiger charge is 2.53. The highest BCUT2D eigenvalue weighted by atomic mass is 32.2. The second-order valence-corrected chi connectivity index (χ2v) is 11.2. The summed E-state index contributed by atoms with van der Waals surface area (Å²) in [7, 11) is 0. The van der Waals surface area contributed by atoms with Gasteiger partial charge in [0.05, 0.1) is 5.25 Å². The Morgan fingerprint density at radius 2 is 1.23 bits per heavy atom. The number of ether oxygens (including phenoxy) is 6. The van der Waals surface area contributed by atoms with Crippen LogP contribution in [0.5, 0.6) is 11.5 Å². The van der Waals surface area contributed by atoms with Crippen molar-refractivity contribution in [2.75, 3.05) is 6.61 Å². The Morgan fingerprint density at radius 1 is 0.674 bits per heavy atom. The molecule has 1 aliphatic rings. The third-order valence-electron chi connectivity index (χ3n) is 6.35. The molecule has 0 aliphatic carbocycles. The van der Waals surface area contributed by atoms with Crippen LogP contribution in [0.15, 0.2) is 42.5 Å². The van der Waals surface area contributed by atoms with Gasteiger partial charge in [-0.15, -0.1) is 11.8 Å². The first-order valence-corrected chi connectivity index (χ1v) is 14.7. The van der Waals surface area contributed by atoms with E-state index in [1.165, 1.54) is 34.6 Å². The van der Waals surface area contributed by atoms with Gasteiger partial charge in [-0.05, 0) is 29.7 Å². The molecule has 1 aliphatic heterocycles. The molecule has 5 atom stereocenters. The van der Waals surface area contributed by atoms with Gasteiger partial charge in [-0.25, -0.2) is 0 Å². The molecule has 3 rings (SSSR count). The molecule has 0 radical (unpaired) electrons. The van der Waals surface area contributed by atoms with Crippen molar-refractivity contribution in [3.05, 3.63) is 59.2 Å². The zero-order chi connectivity index (χ0) is 31.7. The maximum Gasteiger partial charge on any atom is 0.308 e.